The van der Waals surface area contributed by atoms with Crippen molar-refractivity contribution in [1.29, 1.82) is 0 Å². The number of nitrogens with zero attached hydrogens (tertiary/aromatic N) is 1. The van der Waals surface area contributed by atoms with Gasteiger partial charge in [0.2, 0.25) is 0 Å². The van der Waals surface area contributed by atoms with Crippen LogP contribution in [0, 0.1) is 0 Å². The number of halogens is 3. The zero-order valence-corrected chi connectivity index (χ0v) is 13.8. The third-order valence-corrected chi connectivity index (χ3v) is 4.45. The highest BCUT2D eigenvalue weighted by molar-refractivity contribution is 7.13. The van der Waals surface area contributed by atoms with E-state index < -0.39 is 23.7 Å². The van der Waals surface area contributed by atoms with Crippen molar-refractivity contribution in [3.05, 3.63) is 64.7 Å². The molecule has 4 nitrogen and oxygen atoms in total. The number of carbonyl (C=O) groups excluding carboxylic acids is 1. The summed E-state index contributed by atoms with van der Waals surface area (Å²) in [5.74, 6) is -0.0525. The second-order valence-electron chi connectivity index (χ2n) is 5.37. The van der Waals surface area contributed by atoms with E-state index in [0.717, 1.165) is 17.0 Å². The van der Waals surface area contributed by atoms with Gasteiger partial charge in [-0.15, -0.1) is 11.3 Å². The molecule has 130 valence electrons. The maximum absolute atomic E-state index is 12.8. The Morgan fingerprint density at radius 3 is 2.72 bits per heavy atom. The van der Waals surface area contributed by atoms with Gasteiger partial charge < -0.3 is 9.84 Å². The van der Waals surface area contributed by atoms with E-state index in [1.807, 2.05) is 17.5 Å². The normalized spacial score (nSPS) is 12.8. The third kappa shape index (κ3) is 3.90. The van der Waals surface area contributed by atoms with E-state index in [0.29, 0.717) is 11.3 Å². The van der Waals surface area contributed by atoms with E-state index in [1.165, 1.54) is 29.5 Å². The van der Waals surface area contributed by atoms with Gasteiger partial charge in [-0.05, 0) is 36.1 Å². The van der Waals surface area contributed by atoms with E-state index in [1.54, 1.807) is 6.92 Å². The first-order valence-corrected chi connectivity index (χ1v) is 8.21. The lowest BCUT2D eigenvalue weighted by Crippen LogP contribution is -2.27. The van der Waals surface area contributed by atoms with Crippen LogP contribution in [0.25, 0.3) is 10.6 Å². The standard InChI is InChI=1S/C17H13F3N2O2S/c1-10(11-4-2-5-12(8-11)17(18,19)20)21-16(23)13-9-14(24-22-13)15-6-3-7-25-15/h2-10H,1H3,(H,21,23)/t10-/m0/s1. The number of hydrogen-bond acceptors (Lipinski definition) is 4. The van der Waals surface area contributed by atoms with Crippen LogP contribution in [0.1, 0.15) is 34.6 Å². The number of rotatable bonds is 4. The minimum Gasteiger partial charge on any atom is -0.355 e. The minimum atomic E-state index is -4.43. The lowest BCUT2D eigenvalue weighted by atomic mass is 10.0. The molecule has 1 amide bonds. The smallest absolute Gasteiger partial charge is 0.355 e. The summed E-state index contributed by atoms with van der Waals surface area (Å²) in [5.41, 5.74) is -0.333. The Morgan fingerprint density at radius 1 is 1.24 bits per heavy atom. The van der Waals surface area contributed by atoms with Gasteiger partial charge in [0, 0.05) is 6.07 Å². The Labute approximate surface area is 145 Å². The van der Waals surface area contributed by atoms with Gasteiger partial charge >= 0.3 is 6.18 Å². The van der Waals surface area contributed by atoms with E-state index in [2.05, 4.69) is 10.5 Å². The van der Waals surface area contributed by atoms with Gasteiger partial charge in [-0.2, -0.15) is 13.2 Å². The molecule has 1 atom stereocenters. The summed E-state index contributed by atoms with van der Waals surface area (Å²) < 4.78 is 43.5. The van der Waals surface area contributed by atoms with Crippen LogP contribution in [0.15, 0.2) is 52.4 Å². The average molecular weight is 366 g/mol. The molecule has 0 aliphatic carbocycles. The molecule has 3 aromatic rings. The molecule has 1 aromatic carbocycles. The van der Waals surface area contributed by atoms with Crippen LogP contribution in [-0.2, 0) is 6.18 Å². The predicted molar refractivity (Wildman–Crippen MR) is 87.1 cm³/mol. The first-order valence-electron chi connectivity index (χ1n) is 7.33. The van der Waals surface area contributed by atoms with Crippen LogP contribution in [0.2, 0.25) is 0 Å². The van der Waals surface area contributed by atoms with Gasteiger partial charge in [0.25, 0.3) is 5.91 Å². The van der Waals surface area contributed by atoms with Crippen LogP contribution in [0.5, 0.6) is 0 Å². The Balaban J connectivity index is 1.73. The summed E-state index contributed by atoms with van der Waals surface area (Å²) >= 11 is 1.44. The van der Waals surface area contributed by atoms with Crippen LogP contribution < -0.4 is 5.32 Å². The monoisotopic (exact) mass is 366 g/mol. The number of hydrogen-bond donors (Lipinski definition) is 1. The quantitative estimate of drug-likeness (QED) is 0.714. The van der Waals surface area contributed by atoms with Crippen molar-refractivity contribution in [2.45, 2.75) is 19.1 Å². The minimum absolute atomic E-state index is 0.0715. The molecule has 0 radical (unpaired) electrons. The molecule has 0 spiro atoms. The highest BCUT2D eigenvalue weighted by atomic mass is 32.1. The number of nitrogens with one attached hydrogen (secondary N) is 1. The van der Waals surface area contributed by atoms with Crippen molar-refractivity contribution in [3.8, 4) is 10.6 Å². The Kier molecular flexibility index (Phi) is 4.63. The molecule has 0 unspecified atom stereocenters. The first kappa shape index (κ1) is 17.2. The van der Waals surface area contributed by atoms with Gasteiger partial charge in [0.1, 0.15) is 0 Å². The second-order valence-corrected chi connectivity index (χ2v) is 6.32. The molecule has 0 saturated heterocycles. The summed E-state index contributed by atoms with van der Waals surface area (Å²) in [6, 6.07) is 9.41. The Morgan fingerprint density at radius 2 is 2.04 bits per heavy atom. The summed E-state index contributed by atoms with van der Waals surface area (Å²) in [4.78, 5) is 13.1. The molecule has 0 bridgehead atoms. The molecule has 3 rings (SSSR count). The zero-order valence-electron chi connectivity index (χ0n) is 13.0. The number of benzene rings is 1. The van der Waals surface area contributed by atoms with Crippen molar-refractivity contribution >= 4 is 17.2 Å². The molecule has 0 saturated carbocycles. The fourth-order valence-electron chi connectivity index (χ4n) is 2.26. The van der Waals surface area contributed by atoms with Gasteiger partial charge in [-0.3, -0.25) is 4.79 Å². The highest BCUT2D eigenvalue weighted by Crippen LogP contribution is 2.31. The molecule has 1 N–H and O–H groups in total. The molecule has 0 fully saturated rings. The van der Waals surface area contributed by atoms with E-state index >= 15 is 0 Å². The van der Waals surface area contributed by atoms with Crippen molar-refractivity contribution in [2.24, 2.45) is 0 Å². The SMILES string of the molecule is C[C@H](NC(=O)c1cc(-c2cccs2)on1)c1cccc(C(F)(F)F)c1. The van der Waals surface area contributed by atoms with Gasteiger partial charge in [0.15, 0.2) is 11.5 Å². The summed E-state index contributed by atoms with van der Waals surface area (Å²) in [5, 5.41) is 8.21. The number of alkyl halides is 3. The third-order valence-electron chi connectivity index (χ3n) is 3.57. The Hall–Kier alpha value is -2.61. The zero-order chi connectivity index (χ0) is 18.0. The summed E-state index contributed by atoms with van der Waals surface area (Å²) in [6.45, 7) is 1.60. The largest absolute Gasteiger partial charge is 0.416 e. The van der Waals surface area contributed by atoms with Crippen molar-refractivity contribution in [3.63, 3.8) is 0 Å². The molecule has 8 heteroatoms. The van der Waals surface area contributed by atoms with Crippen molar-refractivity contribution in [1.82, 2.24) is 10.5 Å². The van der Waals surface area contributed by atoms with Gasteiger partial charge in [0.05, 0.1) is 16.5 Å². The molecular formula is C17H13F3N2O2S. The topological polar surface area (TPSA) is 55.1 Å². The first-order chi connectivity index (χ1) is 11.8. The van der Waals surface area contributed by atoms with Crippen LogP contribution in [-0.4, -0.2) is 11.1 Å². The number of amides is 1. The van der Waals surface area contributed by atoms with Crippen LogP contribution in [0.4, 0.5) is 13.2 Å². The predicted octanol–water partition coefficient (Wildman–Crippen LogP) is 4.91. The van der Waals surface area contributed by atoms with E-state index in [9.17, 15) is 18.0 Å². The molecular weight excluding hydrogens is 353 g/mol. The number of carbonyl (C=O) groups is 1. The van der Waals surface area contributed by atoms with Crippen molar-refractivity contribution in [2.75, 3.05) is 0 Å². The molecule has 2 heterocycles. The van der Waals surface area contributed by atoms with Gasteiger partial charge in [-0.25, -0.2) is 0 Å². The van der Waals surface area contributed by atoms with Crippen LogP contribution >= 0.6 is 11.3 Å². The molecule has 0 aliphatic heterocycles. The Bertz CT molecular complexity index is 872. The highest BCUT2D eigenvalue weighted by Gasteiger charge is 2.30. The van der Waals surface area contributed by atoms with Crippen molar-refractivity contribution < 1.29 is 22.5 Å². The maximum Gasteiger partial charge on any atom is 0.416 e. The molecule has 0 aliphatic rings. The number of thiophene rings is 1. The number of aromatic nitrogens is 1. The maximum atomic E-state index is 12.8. The fraction of sp³-hybridized carbons (Fsp3) is 0.176. The van der Waals surface area contributed by atoms with Crippen LogP contribution in [0.3, 0.4) is 0 Å². The van der Waals surface area contributed by atoms with Gasteiger partial charge in [-0.1, -0.05) is 23.4 Å². The second kappa shape index (κ2) is 6.72. The molecule has 25 heavy (non-hydrogen) atoms. The lowest BCUT2D eigenvalue weighted by molar-refractivity contribution is -0.137. The lowest BCUT2D eigenvalue weighted by Gasteiger charge is -2.15. The van der Waals surface area contributed by atoms with E-state index in [-0.39, 0.29) is 5.69 Å². The summed E-state index contributed by atoms with van der Waals surface area (Å²) in [6.07, 6.45) is -4.43. The van der Waals surface area contributed by atoms with E-state index in [4.69, 9.17) is 4.52 Å². The average Bonchev–Trinajstić information content (AvgIpc) is 3.25. The fourth-order valence-corrected chi connectivity index (χ4v) is 2.93. The summed E-state index contributed by atoms with van der Waals surface area (Å²) in [7, 11) is 0. The molecule has 2 aromatic heterocycles.